The Hall–Kier alpha value is -7.48. The third-order valence-corrected chi connectivity index (χ3v) is 16.9. The van der Waals surface area contributed by atoms with Gasteiger partial charge in [-0.15, -0.1) is 23.5 Å². The number of carbonyl (C=O) groups is 4. The monoisotopic (exact) mass is 1090 g/mol. The van der Waals surface area contributed by atoms with Gasteiger partial charge in [-0.3, -0.25) is 19.2 Å². The summed E-state index contributed by atoms with van der Waals surface area (Å²) < 4.78 is 3.78. The third kappa shape index (κ3) is 16.1. The van der Waals surface area contributed by atoms with Crippen molar-refractivity contribution in [3.63, 3.8) is 0 Å². The van der Waals surface area contributed by atoms with Crippen molar-refractivity contribution >= 4 is 47.2 Å². The molecule has 0 saturated carbocycles. The highest BCUT2D eigenvalue weighted by atomic mass is 32.2. The van der Waals surface area contributed by atoms with Crippen LogP contribution in [0.2, 0.25) is 0 Å². The zero-order valence-electron chi connectivity index (χ0n) is 44.8. The van der Waals surface area contributed by atoms with Gasteiger partial charge in [0.05, 0.1) is 40.6 Å². The van der Waals surface area contributed by atoms with E-state index in [2.05, 4.69) is 95.3 Å². The number of hydrogen-bond donors (Lipinski definition) is 5. The van der Waals surface area contributed by atoms with Crippen LogP contribution in [0, 0.1) is 5.92 Å². The van der Waals surface area contributed by atoms with Crippen LogP contribution in [0.25, 0.3) is 0 Å². The lowest BCUT2D eigenvalue weighted by Gasteiger charge is -2.37. The van der Waals surface area contributed by atoms with Crippen LogP contribution in [0.15, 0.2) is 237 Å². The number of aliphatic hydroxyl groups excluding tert-OH is 2. The fraction of sp³-hybridized carbons (Fsp3) is 0.254. The van der Waals surface area contributed by atoms with Crippen LogP contribution in [0.3, 0.4) is 0 Å². The second-order valence-corrected chi connectivity index (χ2v) is 22.1. The average molecular weight is 1090 g/mol. The van der Waals surface area contributed by atoms with Crippen LogP contribution >= 0.6 is 23.5 Å². The number of rotatable bonds is 29. The van der Waals surface area contributed by atoms with Gasteiger partial charge in [-0.1, -0.05) is 251 Å². The first-order valence-corrected chi connectivity index (χ1v) is 28.8. The van der Waals surface area contributed by atoms with Crippen LogP contribution < -0.4 is 16.0 Å². The molecule has 1 unspecified atom stereocenters. The van der Waals surface area contributed by atoms with Gasteiger partial charge in [0.25, 0.3) is 0 Å². The summed E-state index contributed by atoms with van der Waals surface area (Å²) in [6.07, 6.45) is 2.44. The molecule has 5 N–H and O–H groups in total. The van der Waals surface area contributed by atoms with Gasteiger partial charge in [-0.2, -0.15) is 0 Å². The van der Waals surface area contributed by atoms with E-state index >= 15 is 0 Å². The predicted octanol–water partition coefficient (Wildman–Crippen LogP) is 11.0. The Kier molecular flexibility index (Phi) is 22.5. The zero-order valence-corrected chi connectivity index (χ0v) is 46.4. The molecular weight excluding hydrogens is 1020 g/mol. The molecule has 0 heterocycles. The minimum atomic E-state index is -1.32. The summed E-state index contributed by atoms with van der Waals surface area (Å²) in [7, 11) is 0. The second-order valence-electron chi connectivity index (χ2n) is 19.6. The van der Waals surface area contributed by atoms with E-state index in [0.29, 0.717) is 12.2 Å². The Labute approximate surface area is 474 Å². The Morgan fingerprint density at radius 1 is 0.544 bits per heavy atom. The number of amides is 3. The standard InChI is InChI=1S/C67H71N3O7S2/c1-4-43-77-62(74)47-60(72)63(49(2)3)70-65(76)59(48-79-67(54-36-20-9-21-37-54,55-38-22-10-23-39-55)56-40-24-11-25-41-56)69-64(75)58(45-50-28-12-5-13-29-50)68-61(73)46-57(71)42-26-27-44-78-66(51-30-14-6-15-31-51,52-32-16-7-17-33-52)53-34-18-8-19-35-53/h4-26,28-42,49,57-60,63,71-72H,1,27,43-48H2,2-3H3,(H,68,73)(H,69,75)(H,70,76)/t57-,58-,59?,60+,63-/m1/s1. The first-order valence-electron chi connectivity index (χ1n) is 26.8. The Morgan fingerprint density at radius 3 is 1.37 bits per heavy atom. The lowest BCUT2D eigenvalue weighted by Crippen LogP contribution is -2.58. The molecule has 0 aliphatic rings. The van der Waals surface area contributed by atoms with E-state index in [4.69, 9.17) is 4.74 Å². The summed E-state index contributed by atoms with van der Waals surface area (Å²) in [6, 6.07) is 67.1. The van der Waals surface area contributed by atoms with Crippen molar-refractivity contribution < 1.29 is 34.1 Å². The van der Waals surface area contributed by atoms with Crippen molar-refractivity contribution in [3.8, 4) is 0 Å². The van der Waals surface area contributed by atoms with Crippen LogP contribution in [0.4, 0.5) is 0 Å². The molecule has 0 spiro atoms. The maximum absolute atomic E-state index is 14.9. The predicted molar refractivity (Wildman–Crippen MR) is 320 cm³/mol. The van der Waals surface area contributed by atoms with E-state index < -0.39 is 63.5 Å². The quantitative estimate of drug-likeness (QED) is 0.0133. The first-order chi connectivity index (χ1) is 38.4. The SMILES string of the molecule is C=CCOC(=O)C[C@H](O)[C@H](NC(=O)C(CSC(c1ccccc1)(c1ccccc1)c1ccccc1)NC(=O)[C@@H](Cc1ccccc1)NC(=O)C[C@H](O)C=CCCSC(c1ccccc1)(c1ccccc1)c1ccccc1)C(C)C. The van der Waals surface area contributed by atoms with Gasteiger partial charge in [0.1, 0.15) is 18.7 Å². The largest absolute Gasteiger partial charge is 0.461 e. The average Bonchev–Trinajstić information content (AvgIpc) is 3.68. The molecular formula is C67H71N3O7S2. The molecule has 5 atom stereocenters. The highest BCUT2D eigenvalue weighted by Gasteiger charge is 2.41. The number of allylic oxidation sites excluding steroid dienone is 1. The van der Waals surface area contributed by atoms with Gasteiger partial charge in [0.15, 0.2) is 0 Å². The Balaban J connectivity index is 1.12. The molecule has 79 heavy (non-hydrogen) atoms. The van der Waals surface area contributed by atoms with Crippen LogP contribution in [0.1, 0.15) is 72.1 Å². The highest BCUT2D eigenvalue weighted by molar-refractivity contribution is 8.00. The number of hydrogen-bond acceptors (Lipinski definition) is 9. The van der Waals surface area contributed by atoms with E-state index in [1.54, 1.807) is 17.8 Å². The molecule has 0 aliphatic heterocycles. The van der Waals surface area contributed by atoms with Crippen molar-refractivity contribution in [2.45, 2.75) is 79.4 Å². The van der Waals surface area contributed by atoms with Crippen molar-refractivity contribution in [1.29, 1.82) is 0 Å². The van der Waals surface area contributed by atoms with Crippen molar-refractivity contribution in [1.82, 2.24) is 16.0 Å². The molecule has 0 aliphatic carbocycles. The summed E-state index contributed by atoms with van der Waals surface area (Å²) in [5.41, 5.74) is 7.03. The minimum absolute atomic E-state index is 0.0233. The molecule has 0 saturated heterocycles. The smallest absolute Gasteiger partial charge is 0.308 e. The van der Waals surface area contributed by atoms with Gasteiger partial charge in [-0.05, 0) is 57.0 Å². The lowest BCUT2D eigenvalue weighted by molar-refractivity contribution is -0.145. The molecule has 0 fully saturated rings. The molecule has 7 aromatic carbocycles. The number of aliphatic hydroxyl groups is 2. The topological polar surface area (TPSA) is 154 Å². The fourth-order valence-electron chi connectivity index (χ4n) is 9.78. The number of benzene rings is 7. The van der Waals surface area contributed by atoms with E-state index in [-0.39, 0.29) is 37.5 Å². The van der Waals surface area contributed by atoms with Gasteiger partial charge in [0, 0.05) is 12.2 Å². The minimum Gasteiger partial charge on any atom is -0.461 e. The highest BCUT2D eigenvalue weighted by Crippen LogP contribution is 2.50. The lowest BCUT2D eigenvalue weighted by atomic mass is 9.84. The summed E-state index contributed by atoms with van der Waals surface area (Å²) in [6.45, 7) is 7.20. The van der Waals surface area contributed by atoms with Crippen LogP contribution in [-0.2, 0) is 39.8 Å². The second kappa shape index (κ2) is 30.0. The maximum atomic E-state index is 14.9. The summed E-state index contributed by atoms with van der Waals surface area (Å²) in [5.74, 6) is -2.06. The van der Waals surface area contributed by atoms with E-state index in [1.807, 2.05) is 159 Å². The molecule has 7 aromatic rings. The van der Waals surface area contributed by atoms with Crippen LogP contribution in [-0.4, -0.2) is 82.3 Å². The summed E-state index contributed by atoms with van der Waals surface area (Å²) in [5, 5.41) is 31.6. The summed E-state index contributed by atoms with van der Waals surface area (Å²) >= 11 is 3.27. The molecule has 408 valence electrons. The molecule has 7 rings (SSSR count). The number of esters is 1. The molecule has 0 bridgehead atoms. The van der Waals surface area contributed by atoms with Gasteiger partial charge >= 0.3 is 5.97 Å². The Morgan fingerprint density at radius 2 is 0.949 bits per heavy atom. The van der Waals surface area contributed by atoms with E-state index in [1.165, 1.54) is 17.8 Å². The molecule has 0 aromatic heterocycles. The molecule has 0 radical (unpaired) electrons. The van der Waals surface area contributed by atoms with Crippen molar-refractivity contribution in [2.24, 2.45) is 5.92 Å². The van der Waals surface area contributed by atoms with Crippen molar-refractivity contribution in [2.75, 3.05) is 18.1 Å². The molecule has 3 amide bonds. The number of nitrogens with one attached hydrogen (secondary N) is 3. The normalized spacial score (nSPS) is 13.6. The molecule has 10 nitrogen and oxygen atoms in total. The zero-order chi connectivity index (χ0) is 55.9. The van der Waals surface area contributed by atoms with Gasteiger partial charge < -0.3 is 30.9 Å². The van der Waals surface area contributed by atoms with Crippen LogP contribution in [0.5, 0.6) is 0 Å². The van der Waals surface area contributed by atoms with Gasteiger partial charge in [0.2, 0.25) is 17.7 Å². The Bertz CT molecular complexity index is 2810. The number of thioether (sulfide) groups is 2. The van der Waals surface area contributed by atoms with E-state index in [0.717, 1.165) is 38.9 Å². The third-order valence-electron chi connectivity index (χ3n) is 13.7. The first kappa shape index (κ1) is 59.2. The van der Waals surface area contributed by atoms with Crippen molar-refractivity contribution in [3.05, 3.63) is 276 Å². The number of ether oxygens (including phenoxy) is 1. The number of carbonyl (C=O) groups excluding carboxylic acids is 4. The van der Waals surface area contributed by atoms with E-state index in [9.17, 15) is 29.4 Å². The molecule has 12 heteroatoms. The van der Waals surface area contributed by atoms with Gasteiger partial charge in [-0.25, -0.2) is 0 Å². The fourth-order valence-corrected chi connectivity index (χ4v) is 12.8. The maximum Gasteiger partial charge on any atom is 0.308 e. The summed E-state index contributed by atoms with van der Waals surface area (Å²) in [4.78, 5) is 56.6.